The second-order valence-corrected chi connectivity index (χ2v) is 8.98. The van der Waals surface area contributed by atoms with E-state index in [-0.39, 0.29) is 17.7 Å². The van der Waals surface area contributed by atoms with Gasteiger partial charge < -0.3 is 24.6 Å². The third-order valence-corrected chi connectivity index (χ3v) is 6.68. The molecule has 7 nitrogen and oxygen atoms in total. The Balaban J connectivity index is 1.53. The molecule has 1 aliphatic heterocycles. The highest BCUT2D eigenvalue weighted by Crippen LogP contribution is 2.52. The van der Waals surface area contributed by atoms with Gasteiger partial charge in [0.1, 0.15) is 0 Å². The van der Waals surface area contributed by atoms with Crippen molar-refractivity contribution in [3.8, 4) is 28.4 Å². The van der Waals surface area contributed by atoms with E-state index >= 15 is 0 Å². The number of methoxy groups -OCH3 is 2. The van der Waals surface area contributed by atoms with Gasteiger partial charge >= 0.3 is 5.97 Å². The zero-order chi connectivity index (χ0) is 23.4. The van der Waals surface area contributed by atoms with E-state index in [0.29, 0.717) is 36.0 Å². The molecule has 4 rings (SSSR count). The van der Waals surface area contributed by atoms with Crippen LogP contribution < -0.4 is 19.5 Å². The van der Waals surface area contributed by atoms with E-state index < -0.39 is 5.97 Å². The molecule has 0 bridgehead atoms. The van der Waals surface area contributed by atoms with Gasteiger partial charge in [-0.1, -0.05) is 18.9 Å². The number of benzene rings is 2. The van der Waals surface area contributed by atoms with Crippen LogP contribution in [0.15, 0.2) is 30.3 Å². The van der Waals surface area contributed by atoms with E-state index in [0.717, 1.165) is 55.2 Å². The zero-order valence-corrected chi connectivity index (χ0v) is 19.2. The lowest BCUT2D eigenvalue weighted by atomic mass is 9.97. The first-order valence-electron chi connectivity index (χ1n) is 11.5. The van der Waals surface area contributed by atoms with Crippen LogP contribution in [0.4, 0.5) is 0 Å². The summed E-state index contributed by atoms with van der Waals surface area (Å²) in [6.45, 7) is 1.10. The molecule has 0 unspecified atom stereocenters. The first-order valence-corrected chi connectivity index (χ1v) is 11.5. The van der Waals surface area contributed by atoms with E-state index in [4.69, 9.17) is 19.3 Å². The van der Waals surface area contributed by atoms with Crippen molar-refractivity contribution in [2.45, 2.75) is 51.5 Å². The highest BCUT2D eigenvalue weighted by molar-refractivity contribution is 5.99. The fourth-order valence-corrected chi connectivity index (χ4v) is 4.49. The lowest BCUT2D eigenvalue weighted by Gasteiger charge is -2.21. The minimum atomic E-state index is -0.733. The molecule has 1 heterocycles. The number of fused-ring (bicyclic) bond motifs is 1. The summed E-state index contributed by atoms with van der Waals surface area (Å²) in [5.41, 5.74) is 3.68. The molecule has 2 aliphatic rings. The average molecular weight is 454 g/mol. The molecule has 0 saturated heterocycles. The first kappa shape index (κ1) is 23.0. The predicted octanol–water partition coefficient (Wildman–Crippen LogP) is 4.81. The summed E-state index contributed by atoms with van der Waals surface area (Å²) in [6.07, 6.45) is 6.13. The zero-order valence-electron chi connectivity index (χ0n) is 19.2. The van der Waals surface area contributed by atoms with Crippen molar-refractivity contribution in [2.24, 2.45) is 5.41 Å². The molecule has 2 N–H and O–H groups in total. The van der Waals surface area contributed by atoms with Crippen molar-refractivity contribution in [1.29, 1.82) is 0 Å². The molecule has 0 atom stereocenters. The topological polar surface area (TPSA) is 94.1 Å². The molecular formula is C26H31NO6. The Labute approximate surface area is 194 Å². The number of hydrogen-bond acceptors (Lipinski definition) is 5. The molecule has 1 fully saturated rings. The summed E-state index contributed by atoms with van der Waals surface area (Å²) >= 11 is 0. The summed E-state index contributed by atoms with van der Waals surface area (Å²) in [7, 11) is 3.21. The van der Waals surface area contributed by atoms with E-state index in [1.165, 1.54) is 0 Å². The fourth-order valence-electron chi connectivity index (χ4n) is 4.49. The summed E-state index contributed by atoms with van der Waals surface area (Å²) in [4.78, 5) is 22.7. The highest BCUT2D eigenvalue weighted by atomic mass is 16.5. The largest absolute Gasteiger partial charge is 0.493 e. The number of ether oxygens (including phenoxy) is 3. The van der Waals surface area contributed by atoms with Crippen LogP contribution in [0.1, 0.15) is 60.9 Å². The van der Waals surface area contributed by atoms with Crippen LogP contribution in [0.3, 0.4) is 0 Å². The van der Waals surface area contributed by atoms with Gasteiger partial charge in [-0.05, 0) is 61.1 Å². The van der Waals surface area contributed by atoms with Crippen LogP contribution in [-0.2, 0) is 11.3 Å². The average Bonchev–Trinajstić information content (AvgIpc) is 3.50. The number of hydrogen-bond donors (Lipinski definition) is 2. The summed E-state index contributed by atoms with van der Waals surface area (Å²) in [6, 6.07) is 9.65. The van der Waals surface area contributed by atoms with Crippen molar-refractivity contribution in [2.75, 3.05) is 20.8 Å². The number of amides is 1. The third-order valence-electron chi connectivity index (χ3n) is 6.68. The van der Waals surface area contributed by atoms with Crippen molar-refractivity contribution in [1.82, 2.24) is 5.32 Å². The van der Waals surface area contributed by atoms with E-state index in [9.17, 15) is 9.59 Å². The summed E-state index contributed by atoms with van der Waals surface area (Å²) < 4.78 is 17.6. The number of aliphatic carboxylic acids is 1. The molecule has 0 spiro atoms. The minimum absolute atomic E-state index is 0.0423. The molecule has 7 heteroatoms. The SMILES string of the molecule is COc1ccc(-c2ccc3c(c2)CNC3=O)c(OCC2(CCCCCC(=O)O)CC2)c1OC. The third kappa shape index (κ3) is 5.07. The second-order valence-electron chi connectivity index (χ2n) is 8.98. The van der Waals surface area contributed by atoms with Gasteiger partial charge in [0.2, 0.25) is 5.75 Å². The number of nitrogens with one attached hydrogen (secondary N) is 1. The van der Waals surface area contributed by atoms with Crippen LogP contribution in [0.5, 0.6) is 17.2 Å². The molecule has 2 aromatic carbocycles. The molecule has 1 saturated carbocycles. The van der Waals surface area contributed by atoms with Crippen molar-refractivity contribution in [3.05, 3.63) is 41.5 Å². The van der Waals surface area contributed by atoms with Crippen molar-refractivity contribution < 1.29 is 28.9 Å². The lowest BCUT2D eigenvalue weighted by Crippen LogP contribution is -2.14. The first-order chi connectivity index (χ1) is 16.0. The Kier molecular flexibility index (Phi) is 6.77. The molecule has 33 heavy (non-hydrogen) atoms. The summed E-state index contributed by atoms with van der Waals surface area (Å²) in [5, 5.41) is 11.7. The van der Waals surface area contributed by atoms with Crippen molar-refractivity contribution >= 4 is 11.9 Å². The van der Waals surface area contributed by atoms with Gasteiger partial charge in [-0.25, -0.2) is 0 Å². The Morgan fingerprint density at radius 1 is 1.03 bits per heavy atom. The van der Waals surface area contributed by atoms with Gasteiger partial charge in [0.25, 0.3) is 5.91 Å². The Morgan fingerprint density at radius 2 is 1.82 bits per heavy atom. The number of carboxylic acid groups (broad SMARTS) is 1. The van der Waals surface area contributed by atoms with Gasteiger partial charge in [0.05, 0.1) is 20.8 Å². The second kappa shape index (κ2) is 9.73. The van der Waals surface area contributed by atoms with Crippen LogP contribution in [-0.4, -0.2) is 37.8 Å². The van der Waals surface area contributed by atoms with Crippen LogP contribution in [0.2, 0.25) is 0 Å². The smallest absolute Gasteiger partial charge is 0.303 e. The molecule has 0 aromatic heterocycles. The van der Waals surface area contributed by atoms with Gasteiger partial charge in [0, 0.05) is 29.5 Å². The van der Waals surface area contributed by atoms with Gasteiger partial charge in [-0.2, -0.15) is 0 Å². The minimum Gasteiger partial charge on any atom is -0.493 e. The molecule has 1 aliphatic carbocycles. The number of unbranched alkanes of at least 4 members (excludes halogenated alkanes) is 2. The standard InChI is InChI=1S/C26H31NO6/c1-31-21-10-9-19(17-7-8-20-18(14-17)15-27-25(20)30)23(24(21)32-2)33-16-26(12-13-26)11-5-3-4-6-22(28)29/h7-10,14H,3-6,11-13,15-16H2,1-2H3,(H,27,30)(H,28,29). The fraction of sp³-hybridized carbons (Fsp3) is 0.462. The lowest BCUT2D eigenvalue weighted by molar-refractivity contribution is -0.137. The maximum atomic E-state index is 11.9. The van der Waals surface area contributed by atoms with Gasteiger partial charge in [0.15, 0.2) is 11.5 Å². The number of carboxylic acids is 1. The number of carbonyl (C=O) groups excluding carboxylic acids is 1. The molecular weight excluding hydrogens is 422 g/mol. The molecule has 176 valence electrons. The van der Waals surface area contributed by atoms with Crippen LogP contribution in [0.25, 0.3) is 11.1 Å². The van der Waals surface area contributed by atoms with E-state index in [1.807, 2.05) is 30.3 Å². The predicted molar refractivity (Wildman–Crippen MR) is 124 cm³/mol. The van der Waals surface area contributed by atoms with E-state index in [1.54, 1.807) is 14.2 Å². The van der Waals surface area contributed by atoms with Gasteiger partial charge in [-0.3, -0.25) is 9.59 Å². The summed E-state index contributed by atoms with van der Waals surface area (Å²) in [5.74, 6) is 1.03. The van der Waals surface area contributed by atoms with Crippen LogP contribution in [0, 0.1) is 5.41 Å². The normalized spacial score (nSPS) is 15.5. The Bertz CT molecular complexity index is 1040. The maximum Gasteiger partial charge on any atom is 0.303 e. The van der Waals surface area contributed by atoms with Gasteiger partial charge in [-0.15, -0.1) is 0 Å². The number of rotatable bonds is 12. The molecule has 2 aromatic rings. The molecule has 0 radical (unpaired) electrons. The monoisotopic (exact) mass is 453 g/mol. The van der Waals surface area contributed by atoms with Crippen molar-refractivity contribution in [3.63, 3.8) is 0 Å². The quantitative estimate of drug-likeness (QED) is 0.448. The van der Waals surface area contributed by atoms with Crippen LogP contribution >= 0.6 is 0 Å². The molecule has 1 amide bonds. The maximum absolute atomic E-state index is 11.9. The Morgan fingerprint density at radius 3 is 2.52 bits per heavy atom. The highest BCUT2D eigenvalue weighted by Gasteiger charge is 2.43. The van der Waals surface area contributed by atoms with E-state index in [2.05, 4.69) is 5.32 Å². The number of carbonyl (C=O) groups is 2. The Hall–Kier alpha value is -3.22.